The zero-order valence-electron chi connectivity index (χ0n) is 22.1. The number of pyridine rings is 1. The Hall–Kier alpha value is -3.97. The maximum Gasteiger partial charge on any atom is 0.320 e. The average molecular weight is 513 g/mol. The molecule has 0 saturated carbocycles. The quantitative estimate of drug-likeness (QED) is 0.290. The summed E-state index contributed by atoms with van der Waals surface area (Å²) in [6.07, 6.45) is 6.21. The van der Waals surface area contributed by atoms with Crippen LogP contribution in [-0.4, -0.2) is 41.1 Å². The van der Waals surface area contributed by atoms with Gasteiger partial charge in [0.2, 0.25) is 0 Å². The Morgan fingerprint density at radius 3 is 2.58 bits per heavy atom. The van der Waals surface area contributed by atoms with Crippen LogP contribution in [0.1, 0.15) is 49.8 Å². The number of benzene rings is 2. The number of urea groups is 1. The van der Waals surface area contributed by atoms with Crippen molar-refractivity contribution in [3.8, 4) is 5.75 Å². The third kappa shape index (κ3) is 8.28. The molecule has 1 atom stereocenters. The summed E-state index contributed by atoms with van der Waals surface area (Å²) in [6.45, 7) is 4.64. The molecule has 7 heteroatoms. The summed E-state index contributed by atoms with van der Waals surface area (Å²) < 4.78 is 5.58. The molecule has 0 radical (unpaired) electrons. The highest BCUT2D eigenvalue weighted by molar-refractivity contribution is 6.10. The highest BCUT2D eigenvalue weighted by atomic mass is 16.5. The number of aliphatic imine (C=N–C) groups is 1. The number of fused-ring (bicyclic) bond motifs is 1. The van der Waals surface area contributed by atoms with E-state index in [4.69, 9.17) is 9.73 Å². The maximum atomic E-state index is 12.5. The number of allylic oxidation sites excluding steroid dienone is 2. The van der Waals surface area contributed by atoms with Crippen LogP contribution in [0.3, 0.4) is 0 Å². The van der Waals surface area contributed by atoms with Crippen LogP contribution < -0.4 is 15.4 Å². The molecule has 0 bridgehead atoms. The molecular weight excluding hydrogens is 476 g/mol. The lowest BCUT2D eigenvalue weighted by Gasteiger charge is -2.14. The van der Waals surface area contributed by atoms with Gasteiger partial charge >= 0.3 is 6.03 Å². The smallest absolute Gasteiger partial charge is 0.320 e. The number of rotatable bonds is 10. The number of aromatic nitrogens is 1. The molecule has 4 rings (SSSR count). The van der Waals surface area contributed by atoms with Crippen molar-refractivity contribution in [3.63, 3.8) is 0 Å². The summed E-state index contributed by atoms with van der Waals surface area (Å²) in [7, 11) is 0. The fourth-order valence-electron chi connectivity index (χ4n) is 4.17. The van der Waals surface area contributed by atoms with Crippen LogP contribution in [0.4, 0.5) is 16.4 Å². The van der Waals surface area contributed by atoms with Gasteiger partial charge < -0.3 is 15.2 Å². The molecule has 3 N–H and O–H groups in total. The van der Waals surface area contributed by atoms with Crippen LogP contribution in [-0.2, 0) is 12.8 Å². The second-order valence-corrected chi connectivity index (χ2v) is 9.67. The fraction of sp³-hybridized carbons (Fsp3) is 0.323. The molecule has 3 aromatic rings. The van der Waals surface area contributed by atoms with E-state index in [9.17, 15) is 9.90 Å². The SMILES string of the molecule is CC1=CC(c2ccc(OCC(C)O)cc2)=Nc2nc(NC(=O)NCCCCc3ccccc3)ccc2CC1. The molecule has 0 aliphatic carbocycles. The minimum absolute atomic E-state index is 0.244. The van der Waals surface area contributed by atoms with Gasteiger partial charge in [0.05, 0.1) is 11.8 Å². The van der Waals surface area contributed by atoms with Gasteiger partial charge in [-0.2, -0.15) is 0 Å². The number of ether oxygens (including phenoxy) is 1. The van der Waals surface area contributed by atoms with Crippen molar-refractivity contribution >= 4 is 23.4 Å². The summed E-state index contributed by atoms with van der Waals surface area (Å²) in [5, 5.41) is 15.2. The van der Waals surface area contributed by atoms with Gasteiger partial charge in [-0.25, -0.2) is 14.8 Å². The Morgan fingerprint density at radius 2 is 1.82 bits per heavy atom. The molecule has 1 aliphatic heterocycles. The summed E-state index contributed by atoms with van der Waals surface area (Å²) in [5.41, 5.74) is 5.33. The zero-order chi connectivity index (χ0) is 26.7. The van der Waals surface area contributed by atoms with E-state index in [1.165, 1.54) is 11.1 Å². The van der Waals surface area contributed by atoms with E-state index in [1.807, 2.05) is 54.6 Å². The predicted molar refractivity (Wildman–Crippen MR) is 153 cm³/mol. The fourth-order valence-corrected chi connectivity index (χ4v) is 4.17. The molecule has 2 heterocycles. The van der Waals surface area contributed by atoms with E-state index in [0.29, 0.717) is 23.9 Å². The Bertz CT molecular complexity index is 1270. The number of nitrogens with zero attached hydrogens (tertiary/aromatic N) is 2. The maximum absolute atomic E-state index is 12.5. The van der Waals surface area contributed by atoms with Gasteiger partial charge in [0.1, 0.15) is 18.2 Å². The Kier molecular flexibility index (Phi) is 9.65. The topological polar surface area (TPSA) is 95.8 Å². The number of carbonyl (C=O) groups excluding carboxylic acids is 1. The van der Waals surface area contributed by atoms with E-state index in [-0.39, 0.29) is 12.6 Å². The number of unbranched alkanes of at least 4 members (excludes halogenated alkanes) is 1. The zero-order valence-corrected chi connectivity index (χ0v) is 22.1. The van der Waals surface area contributed by atoms with Crippen LogP contribution in [0.15, 0.2) is 83.4 Å². The standard InChI is InChI=1S/C31H36N4O3/c1-22-11-12-26-15-18-29(35-31(37)32-19-7-6-10-24-8-4-3-5-9-24)34-30(26)33-28(20-22)25-13-16-27(17-14-25)38-21-23(2)36/h3-5,8-9,13-18,20,23,36H,6-7,10-12,19,21H2,1-2H3,(H2,32,34,35,37). The van der Waals surface area contributed by atoms with Gasteiger partial charge in [-0.1, -0.05) is 42.0 Å². The Morgan fingerprint density at radius 1 is 1.03 bits per heavy atom. The molecule has 198 valence electrons. The lowest BCUT2D eigenvalue weighted by molar-refractivity contribution is 0.123. The summed E-state index contributed by atoms with van der Waals surface area (Å²) in [4.78, 5) is 22.0. The molecule has 1 aromatic heterocycles. The minimum atomic E-state index is -0.526. The monoisotopic (exact) mass is 512 g/mol. The Labute approximate surface area is 224 Å². The van der Waals surface area contributed by atoms with Crippen LogP contribution in [0.25, 0.3) is 0 Å². The summed E-state index contributed by atoms with van der Waals surface area (Å²) >= 11 is 0. The lowest BCUT2D eigenvalue weighted by atomic mass is 10.0. The normalized spacial score (nSPS) is 13.8. The number of anilines is 1. The van der Waals surface area contributed by atoms with Gasteiger partial charge in [0, 0.05) is 12.1 Å². The molecule has 0 saturated heterocycles. The largest absolute Gasteiger partial charge is 0.491 e. The molecule has 2 amide bonds. The van der Waals surface area contributed by atoms with Crippen molar-refractivity contribution in [2.24, 2.45) is 4.99 Å². The Balaban J connectivity index is 1.39. The molecule has 2 aromatic carbocycles. The number of hydrogen-bond acceptors (Lipinski definition) is 5. The number of nitrogens with one attached hydrogen (secondary N) is 2. The van der Waals surface area contributed by atoms with Crippen molar-refractivity contribution in [2.75, 3.05) is 18.5 Å². The summed E-state index contributed by atoms with van der Waals surface area (Å²) in [6, 6.07) is 21.6. The molecule has 1 aliphatic rings. The van der Waals surface area contributed by atoms with Crippen LogP contribution in [0, 0.1) is 0 Å². The molecule has 7 nitrogen and oxygen atoms in total. The van der Waals surface area contributed by atoms with Crippen molar-refractivity contribution in [2.45, 2.75) is 52.1 Å². The second-order valence-electron chi connectivity index (χ2n) is 9.67. The van der Waals surface area contributed by atoms with E-state index in [2.05, 4.69) is 40.8 Å². The molecule has 0 spiro atoms. The van der Waals surface area contributed by atoms with E-state index in [0.717, 1.165) is 48.9 Å². The average Bonchev–Trinajstić information content (AvgIpc) is 2.91. The number of amides is 2. The predicted octanol–water partition coefficient (Wildman–Crippen LogP) is 6.00. The number of aryl methyl sites for hydroxylation is 2. The lowest BCUT2D eigenvalue weighted by Crippen LogP contribution is -2.29. The van der Waals surface area contributed by atoms with Crippen LogP contribution >= 0.6 is 0 Å². The van der Waals surface area contributed by atoms with E-state index in [1.54, 1.807) is 6.92 Å². The number of aliphatic hydroxyl groups is 1. The first-order valence-corrected chi connectivity index (χ1v) is 13.2. The highest BCUT2D eigenvalue weighted by Gasteiger charge is 2.13. The van der Waals surface area contributed by atoms with Crippen molar-refractivity contribution < 1.29 is 14.6 Å². The van der Waals surface area contributed by atoms with E-state index >= 15 is 0 Å². The van der Waals surface area contributed by atoms with Crippen molar-refractivity contribution in [1.29, 1.82) is 0 Å². The number of hydrogen-bond donors (Lipinski definition) is 3. The molecule has 0 fully saturated rings. The third-order valence-corrected chi connectivity index (χ3v) is 6.26. The first-order chi connectivity index (χ1) is 18.5. The summed E-state index contributed by atoms with van der Waals surface area (Å²) in [5.74, 6) is 1.77. The molecular formula is C31H36N4O3. The third-order valence-electron chi connectivity index (χ3n) is 6.26. The van der Waals surface area contributed by atoms with Gasteiger partial charge in [-0.05, 0) is 93.5 Å². The van der Waals surface area contributed by atoms with Gasteiger partial charge in [-0.15, -0.1) is 0 Å². The van der Waals surface area contributed by atoms with Gasteiger partial charge in [-0.3, -0.25) is 5.32 Å². The van der Waals surface area contributed by atoms with Crippen LogP contribution in [0.2, 0.25) is 0 Å². The van der Waals surface area contributed by atoms with Gasteiger partial charge in [0.15, 0.2) is 5.82 Å². The number of carbonyl (C=O) groups is 1. The van der Waals surface area contributed by atoms with Gasteiger partial charge in [0.25, 0.3) is 0 Å². The first-order valence-electron chi connectivity index (χ1n) is 13.2. The molecule has 1 unspecified atom stereocenters. The minimum Gasteiger partial charge on any atom is -0.491 e. The van der Waals surface area contributed by atoms with Crippen LogP contribution in [0.5, 0.6) is 5.75 Å². The number of aliphatic hydroxyl groups excluding tert-OH is 1. The second kappa shape index (κ2) is 13.5. The van der Waals surface area contributed by atoms with E-state index < -0.39 is 6.10 Å². The first kappa shape index (κ1) is 27.1. The van der Waals surface area contributed by atoms with Crippen molar-refractivity contribution in [3.05, 3.63) is 95.1 Å². The highest BCUT2D eigenvalue weighted by Crippen LogP contribution is 2.26. The molecule has 38 heavy (non-hydrogen) atoms. The van der Waals surface area contributed by atoms with Crippen molar-refractivity contribution in [1.82, 2.24) is 10.3 Å².